The van der Waals surface area contributed by atoms with Gasteiger partial charge in [-0.05, 0) is 18.5 Å². The van der Waals surface area contributed by atoms with Gasteiger partial charge in [-0.15, -0.1) is 5.10 Å². The Balaban J connectivity index is 2.22. The Morgan fingerprint density at radius 1 is 1.22 bits per heavy atom. The summed E-state index contributed by atoms with van der Waals surface area (Å²) in [6.45, 7) is 5.33. The summed E-state index contributed by atoms with van der Waals surface area (Å²) >= 11 is 0. The first-order chi connectivity index (χ1) is 8.76. The highest BCUT2D eigenvalue weighted by Crippen LogP contribution is 2.22. The zero-order valence-corrected chi connectivity index (χ0v) is 11.2. The van der Waals surface area contributed by atoms with Crippen LogP contribution in [-0.2, 0) is 7.05 Å². The van der Waals surface area contributed by atoms with Crippen molar-refractivity contribution in [3.63, 3.8) is 0 Å². The normalized spacial score (nSPS) is 12.6. The summed E-state index contributed by atoms with van der Waals surface area (Å²) in [5, 5.41) is 11.3. The maximum absolute atomic E-state index is 3.95. The van der Waals surface area contributed by atoms with Crippen LogP contribution in [0.15, 0.2) is 30.5 Å². The fourth-order valence-electron chi connectivity index (χ4n) is 2.18. The summed E-state index contributed by atoms with van der Waals surface area (Å²) < 4.78 is 1.79. The zero-order chi connectivity index (χ0) is 13.0. The van der Waals surface area contributed by atoms with Crippen molar-refractivity contribution < 1.29 is 0 Å². The average Bonchev–Trinajstić information content (AvgIpc) is 2.82. The van der Waals surface area contributed by atoms with E-state index in [1.54, 1.807) is 10.9 Å². The fraction of sp³-hybridized carbons (Fsp3) is 0.429. The van der Waals surface area contributed by atoms with Crippen molar-refractivity contribution >= 4 is 0 Å². The van der Waals surface area contributed by atoms with Crippen LogP contribution >= 0.6 is 0 Å². The van der Waals surface area contributed by atoms with Gasteiger partial charge in [0.25, 0.3) is 0 Å². The Morgan fingerprint density at radius 2 is 1.94 bits per heavy atom. The van der Waals surface area contributed by atoms with Crippen molar-refractivity contribution in [2.24, 2.45) is 7.05 Å². The third-order valence-corrected chi connectivity index (χ3v) is 3.18. The lowest BCUT2D eigenvalue weighted by Gasteiger charge is -2.16. The van der Waals surface area contributed by atoms with Crippen LogP contribution in [0.3, 0.4) is 0 Å². The summed E-state index contributed by atoms with van der Waals surface area (Å²) in [5.74, 6) is 0. The van der Waals surface area contributed by atoms with Crippen LogP contribution in [0.25, 0.3) is 11.3 Å². The number of benzene rings is 1. The molecule has 0 saturated carbocycles. The second-order valence-corrected chi connectivity index (χ2v) is 4.38. The van der Waals surface area contributed by atoms with E-state index in [1.165, 1.54) is 5.56 Å². The van der Waals surface area contributed by atoms with Crippen molar-refractivity contribution in [3.8, 4) is 11.3 Å². The minimum atomic E-state index is 0.439. The second kappa shape index (κ2) is 5.78. The Hall–Kier alpha value is -1.68. The molecule has 96 valence electrons. The number of nitrogens with one attached hydrogen (secondary N) is 1. The number of hydrogen-bond acceptors (Lipinski definition) is 3. The van der Waals surface area contributed by atoms with Crippen molar-refractivity contribution in [2.45, 2.75) is 26.3 Å². The minimum absolute atomic E-state index is 0.439. The summed E-state index contributed by atoms with van der Waals surface area (Å²) in [4.78, 5) is 0. The van der Waals surface area contributed by atoms with E-state index in [4.69, 9.17) is 0 Å². The molecule has 0 aliphatic heterocycles. The van der Waals surface area contributed by atoms with Crippen LogP contribution in [0.5, 0.6) is 0 Å². The van der Waals surface area contributed by atoms with Crippen molar-refractivity contribution in [1.29, 1.82) is 0 Å². The highest BCUT2D eigenvalue weighted by atomic mass is 15.4. The van der Waals surface area contributed by atoms with Crippen LogP contribution in [0.1, 0.15) is 31.9 Å². The first-order valence-electron chi connectivity index (χ1n) is 6.44. The third kappa shape index (κ3) is 2.59. The monoisotopic (exact) mass is 244 g/mol. The van der Waals surface area contributed by atoms with Gasteiger partial charge in [-0.1, -0.05) is 43.3 Å². The number of aryl methyl sites for hydroxylation is 1. The lowest BCUT2D eigenvalue weighted by molar-refractivity contribution is 0.537. The van der Waals surface area contributed by atoms with E-state index in [9.17, 15) is 0 Å². The molecule has 0 amide bonds. The number of aromatic nitrogens is 3. The van der Waals surface area contributed by atoms with E-state index in [0.717, 1.165) is 24.2 Å². The van der Waals surface area contributed by atoms with Crippen LogP contribution in [0, 0.1) is 0 Å². The van der Waals surface area contributed by atoms with Crippen LogP contribution in [0.2, 0.25) is 0 Å². The maximum Gasteiger partial charge on any atom is 0.0882 e. The van der Waals surface area contributed by atoms with Gasteiger partial charge in [-0.3, -0.25) is 0 Å². The number of rotatable bonds is 5. The predicted octanol–water partition coefficient (Wildman–Crippen LogP) is 2.54. The molecule has 1 atom stereocenters. The Kier molecular flexibility index (Phi) is 4.10. The molecule has 1 aromatic heterocycles. The van der Waals surface area contributed by atoms with Gasteiger partial charge in [0, 0.05) is 18.7 Å². The molecule has 4 heteroatoms. The van der Waals surface area contributed by atoms with E-state index >= 15 is 0 Å². The lowest BCUT2D eigenvalue weighted by Crippen LogP contribution is -2.19. The molecule has 1 heterocycles. The molecular formula is C14H20N4. The van der Waals surface area contributed by atoms with Gasteiger partial charge in [-0.25, -0.2) is 4.68 Å². The van der Waals surface area contributed by atoms with E-state index in [-0.39, 0.29) is 0 Å². The summed E-state index contributed by atoms with van der Waals surface area (Å²) in [5.41, 5.74) is 3.52. The predicted molar refractivity (Wildman–Crippen MR) is 73.1 cm³/mol. The zero-order valence-electron chi connectivity index (χ0n) is 11.2. The van der Waals surface area contributed by atoms with Gasteiger partial charge >= 0.3 is 0 Å². The standard InChI is InChI=1S/C14H20N4/c1-4-13(15-5-2)11-6-8-12(9-7-11)14-10-16-17-18(14)3/h6-10,13,15H,4-5H2,1-3H3. The molecule has 18 heavy (non-hydrogen) atoms. The van der Waals surface area contributed by atoms with Crippen molar-refractivity contribution in [1.82, 2.24) is 20.3 Å². The molecule has 0 saturated heterocycles. The molecular weight excluding hydrogens is 224 g/mol. The molecule has 4 nitrogen and oxygen atoms in total. The van der Waals surface area contributed by atoms with Crippen LogP contribution < -0.4 is 5.32 Å². The van der Waals surface area contributed by atoms with Gasteiger partial charge in [0.05, 0.1) is 11.9 Å². The van der Waals surface area contributed by atoms with Crippen LogP contribution in [0.4, 0.5) is 0 Å². The average molecular weight is 244 g/mol. The van der Waals surface area contributed by atoms with E-state index in [1.807, 2.05) is 7.05 Å². The molecule has 0 fully saturated rings. The highest BCUT2D eigenvalue weighted by molar-refractivity contribution is 5.58. The van der Waals surface area contributed by atoms with E-state index in [0.29, 0.717) is 6.04 Å². The van der Waals surface area contributed by atoms with Gasteiger partial charge in [0.2, 0.25) is 0 Å². The molecule has 2 aromatic rings. The van der Waals surface area contributed by atoms with E-state index in [2.05, 4.69) is 53.7 Å². The molecule has 1 aromatic carbocycles. The molecule has 1 unspecified atom stereocenters. The third-order valence-electron chi connectivity index (χ3n) is 3.18. The lowest BCUT2D eigenvalue weighted by atomic mass is 10.0. The second-order valence-electron chi connectivity index (χ2n) is 4.38. The number of nitrogens with zero attached hydrogens (tertiary/aromatic N) is 3. The number of hydrogen-bond donors (Lipinski definition) is 1. The summed E-state index contributed by atoms with van der Waals surface area (Å²) in [7, 11) is 1.91. The molecule has 0 aliphatic carbocycles. The molecule has 0 aliphatic rings. The summed E-state index contributed by atoms with van der Waals surface area (Å²) in [6, 6.07) is 9.06. The van der Waals surface area contributed by atoms with Gasteiger partial charge in [0.15, 0.2) is 0 Å². The van der Waals surface area contributed by atoms with E-state index < -0.39 is 0 Å². The maximum atomic E-state index is 3.95. The molecule has 0 radical (unpaired) electrons. The Morgan fingerprint density at radius 3 is 2.44 bits per heavy atom. The highest BCUT2D eigenvalue weighted by Gasteiger charge is 2.08. The van der Waals surface area contributed by atoms with Gasteiger partial charge < -0.3 is 5.32 Å². The summed E-state index contributed by atoms with van der Waals surface area (Å²) in [6.07, 6.45) is 2.89. The van der Waals surface area contributed by atoms with Crippen molar-refractivity contribution in [2.75, 3.05) is 6.54 Å². The van der Waals surface area contributed by atoms with Crippen molar-refractivity contribution in [3.05, 3.63) is 36.0 Å². The fourth-order valence-corrected chi connectivity index (χ4v) is 2.18. The van der Waals surface area contributed by atoms with Crippen LogP contribution in [-0.4, -0.2) is 21.5 Å². The molecule has 0 spiro atoms. The topological polar surface area (TPSA) is 42.7 Å². The largest absolute Gasteiger partial charge is 0.310 e. The van der Waals surface area contributed by atoms with Gasteiger partial charge in [0.1, 0.15) is 0 Å². The minimum Gasteiger partial charge on any atom is -0.310 e. The first-order valence-corrected chi connectivity index (χ1v) is 6.44. The molecule has 0 bridgehead atoms. The smallest absolute Gasteiger partial charge is 0.0882 e. The Labute approximate surface area is 108 Å². The molecule has 2 rings (SSSR count). The quantitative estimate of drug-likeness (QED) is 0.879. The SMILES string of the molecule is CCNC(CC)c1ccc(-c2cnnn2C)cc1. The van der Waals surface area contributed by atoms with Gasteiger partial charge in [-0.2, -0.15) is 0 Å². The first kappa shape index (κ1) is 12.8. The Bertz CT molecular complexity index is 487. The molecule has 1 N–H and O–H groups in total.